The summed E-state index contributed by atoms with van der Waals surface area (Å²) in [5, 5.41) is 13.7. The van der Waals surface area contributed by atoms with E-state index in [1.165, 1.54) is 11.8 Å². The number of piperidine rings is 1. The van der Waals surface area contributed by atoms with Gasteiger partial charge in [-0.25, -0.2) is 9.59 Å². The maximum Gasteiger partial charge on any atom is 0.410 e. The molecule has 0 aromatic heterocycles. The van der Waals surface area contributed by atoms with Gasteiger partial charge in [-0.1, -0.05) is 62.4 Å². The molecule has 40 heavy (non-hydrogen) atoms. The lowest BCUT2D eigenvalue weighted by Gasteiger charge is -2.37. The molecule has 1 saturated heterocycles. The maximum atomic E-state index is 13.4. The highest BCUT2D eigenvalue weighted by atomic mass is 32.2. The first-order valence-corrected chi connectivity index (χ1v) is 14.5. The van der Waals surface area contributed by atoms with Gasteiger partial charge < -0.3 is 25.5 Å². The minimum atomic E-state index is -0.918. The SMILES string of the molecule is CC(C)SC(NC(=O)OCc1ccccc1)C(=O)Nc1ccccc1C(=N)C1CCCCN1C(=O)OC(C)(C)C. The zero-order valence-electron chi connectivity index (χ0n) is 23.9. The Kier molecular flexibility index (Phi) is 11.0. The number of nitrogens with zero attached hydrogens (tertiary/aromatic N) is 1. The van der Waals surface area contributed by atoms with Crippen molar-refractivity contribution in [3.05, 3.63) is 65.7 Å². The summed E-state index contributed by atoms with van der Waals surface area (Å²) in [7, 11) is 0. The molecular formula is C30H40N4O5S. The van der Waals surface area contributed by atoms with Crippen molar-refractivity contribution in [3.63, 3.8) is 0 Å². The molecule has 2 aromatic carbocycles. The molecule has 2 unspecified atom stereocenters. The highest BCUT2D eigenvalue weighted by molar-refractivity contribution is 8.01. The molecule has 216 valence electrons. The van der Waals surface area contributed by atoms with E-state index in [0.717, 1.165) is 18.4 Å². The molecule has 0 spiro atoms. The van der Waals surface area contributed by atoms with E-state index in [4.69, 9.17) is 14.9 Å². The monoisotopic (exact) mass is 568 g/mol. The average Bonchev–Trinajstić information content (AvgIpc) is 2.91. The molecule has 0 aliphatic carbocycles. The highest BCUT2D eigenvalue weighted by Crippen LogP contribution is 2.27. The number of likely N-dealkylation sites (tertiary alicyclic amines) is 1. The van der Waals surface area contributed by atoms with Crippen LogP contribution in [0.4, 0.5) is 15.3 Å². The largest absolute Gasteiger partial charge is 0.445 e. The summed E-state index contributed by atoms with van der Waals surface area (Å²) in [6.07, 6.45) is 1.19. The number of hydrogen-bond acceptors (Lipinski definition) is 7. The van der Waals surface area contributed by atoms with Gasteiger partial charge in [-0.05, 0) is 51.7 Å². The third kappa shape index (κ3) is 9.29. The van der Waals surface area contributed by atoms with Gasteiger partial charge in [0.1, 0.15) is 12.2 Å². The van der Waals surface area contributed by atoms with Crippen LogP contribution in [0.15, 0.2) is 54.6 Å². The summed E-state index contributed by atoms with van der Waals surface area (Å²) >= 11 is 1.28. The number of carbonyl (C=O) groups excluding carboxylic acids is 3. The van der Waals surface area contributed by atoms with Crippen LogP contribution in [0.2, 0.25) is 0 Å². The van der Waals surface area contributed by atoms with Crippen LogP contribution in [0.1, 0.15) is 65.0 Å². The van der Waals surface area contributed by atoms with E-state index >= 15 is 0 Å². The lowest BCUT2D eigenvalue weighted by molar-refractivity contribution is -0.116. The summed E-state index contributed by atoms with van der Waals surface area (Å²) in [6.45, 7) is 9.90. The van der Waals surface area contributed by atoms with Gasteiger partial charge in [0, 0.05) is 23.0 Å². The molecule has 1 fully saturated rings. The van der Waals surface area contributed by atoms with Gasteiger partial charge in [-0.3, -0.25) is 9.69 Å². The van der Waals surface area contributed by atoms with E-state index in [-0.39, 0.29) is 17.6 Å². The number of nitrogens with one attached hydrogen (secondary N) is 3. The molecule has 2 aromatic rings. The van der Waals surface area contributed by atoms with Crippen LogP contribution >= 0.6 is 11.8 Å². The second-order valence-corrected chi connectivity index (χ2v) is 12.6. The molecule has 3 rings (SSSR count). The Bertz CT molecular complexity index is 1180. The standard InChI is InChI=1S/C30H40N4O5S/c1-20(2)40-27(33-28(36)38-19-21-13-7-6-8-14-21)26(35)32-23-16-10-9-15-22(23)25(31)24-17-11-12-18-34(24)29(37)39-30(3,4)5/h6-10,13-16,20,24,27,31H,11-12,17-19H2,1-5H3,(H,32,35)(H,33,36). The molecule has 3 N–H and O–H groups in total. The number of alkyl carbamates (subject to hydrolysis) is 1. The molecule has 9 nitrogen and oxygen atoms in total. The molecule has 0 saturated carbocycles. The van der Waals surface area contributed by atoms with Gasteiger partial charge in [-0.15, -0.1) is 11.8 Å². The number of ether oxygens (including phenoxy) is 2. The summed E-state index contributed by atoms with van der Waals surface area (Å²) < 4.78 is 10.9. The Labute approximate surface area is 240 Å². The van der Waals surface area contributed by atoms with Crippen LogP contribution in [0.25, 0.3) is 0 Å². The number of hydrogen-bond donors (Lipinski definition) is 3. The van der Waals surface area contributed by atoms with Crippen molar-refractivity contribution >= 4 is 41.3 Å². The third-order valence-corrected chi connectivity index (χ3v) is 7.20. The second kappa shape index (κ2) is 14.2. The fourth-order valence-electron chi connectivity index (χ4n) is 4.28. The summed E-state index contributed by atoms with van der Waals surface area (Å²) in [4.78, 5) is 40.5. The second-order valence-electron chi connectivity index (χ2n) is 10.9. The van der Waals surface area contributed by atoms with Crippen molar-refractivity contribution in [3.8, 4) is 0 Å². The van der Waals surface area contributed by atoms with Crippen LogP contribution in [0.5, 0.6) is 0 Å². The fraction of sp³-hybridized carbons (Fsp3) is 0.467. The van der Waals surface area contributed by atoms with Gasteiger partial charge in [-0.2, -0.15) is 0 Å². The van der Waals surface area contributed by atoms with Gasteiger partial charge in [0.05, 0.1) is 11.8 Å². The molecule has 1 heterocycles. The van der Waals surface area contributed by atoms with E-state index in [1.807, 2.05) is 65.0 Å². The molecule has 10 heteroatoms. The number of amides is 3. The first-order valence-electron chi connectivity index (χ1n) is 13.6. The van der Waals surface area contributed by atoms with Crippen LogP contribution in [0.3, 0.4) is 0 Å². The van der Waals surface area contributed by atoms with Gasteiger partial charge in [0.25, 0.3) is 5.91 Å². The Morgan fingerprint density at radius 3 is 2.40 bits per heavy atom. The average molecular weight is 569 g/mol. The van der Waals surface area contributed by atoms with Crippen molar-refractivity contribution in [1.82, 2.24) is 10.2 Å². The van der Waals surface area contributed by atoms with Gasteiger partial charge in [0.15, 0.2) is 5.37 Å². The first kappa shape index (κ1) is 31.0. The summed E-state index contributed by atoms with van der Waals surface area (Å²) in [5.74, 6) is -0.441. The number of para-hydroxylation sites is 1. The lowest BCUT2D eigenvalue weighted by atomic mass is 9.93. The Morgan fingerprint density at radius 1 is 1.05 bits per heavy atom. The normalized spacial score (nSPS) is 16.1. The predicted molar refractivity (Wildman–Crippen MR) is 159 cm³/mol. The fourth-order valence-corrected chi connectivity index (χ4v) is 5.17. The summed E-state index contributed by atoms with van der Waals surface area (Å²) in [5.41, 5.74) is 1.36. The zero-order chi connectivity index (χ0) is 29.3. The van der Waals surface area contributed by atoms with Crippen molar-refractivity contribution in [2.24, 2.45) is 0 Å². The molecule has 2 atom stereocenters. The van der Waals surface area contributed by atoms with E-state index < -0.39 is 35.1 Å². The van der Waals surface area contributed by atoms with Crippen molar-refractivity contribution in [2.75, 3.05) is 11.9 Å². The summed E-state index contributed by atoms with van der Waals surface area (Å²) in [6, 6.07) is 15.8. The minimum Gasteiger partial charge on any atom is -0.445 e. The topological polar surface area (TPSA) is 121 Å². The molecular weight excluding hydrogens is 528 g/mol. The van der Waals surface area contributed by atoms with E-state index in [0.29, 0.717) is 24.2 Å². The Balaban J connectivity index is 1.73. The smallest absolute Gasteiger partial charge is 0.410 e. The Hall–Kier alpha value is -3.53. The van der Waals surface area contributed by atoms with Crippen LogP contribution in [-0.2, 0) is 20.9 Å². The number of rotatable bonds is 9. The van der Waals surface area contributed by atoms with E-state index in [1.54, 1.807) is 29.2 Å². The third-order valence-electron chi connectivity index (χ3n) is 6.05. The molecule has 1 aliphatic rings. The van der Waals surface area contributed by atoms with E-state index in [9.17, 15) is 14.4 Å². The Morgan fingerprint density at radius 2 is 1.73 bits per heavy atom. The maximum absolute atomic E-state index is 13.4. The van der Waals surface area contributed by atoms with Crippen LogP contribution in [0, 0.1) is 5.41 Å². The first-order chi connectivity index (χ1) is 18.9. The molecule has 0 radical (unpaired) electrons. The van der Waals surface area contributed by atoms with E-state index in [2.05, 4.69) is 10.6 Å². The number of benzene rings is 2. The van der Waals surface area contributed by atoms with Crippen LogP contribution in [-0.4, -0.2) is 57.5 Å². The van der Waals surface area contributed by atoms with Crippen molar-refractivity contribution in [1.29, 1.82) is 5.41 Å². The van der Waals surface area contributed by atoms with Gasteiger partial charge in [0.2, 0.25) is 0 Å². The minimum absolute atomic E-state index is 0.0448. The molecule has 3 amide bonds. The number of thioether (sulfide) groups is 1. The van der Waals surface area contributed by atoms with Crippen LogP contribution < -0.4 is 10.6 Å². The zero-order valence-corrected chi connectivity index (χ0v) is 24.7. The number of anilines is 1. The van der Waals surface area contributed by atoms with Gasteiger partial charge >= 0.3 is 12.2 Å². The van der Waals surface area contributed by atoms with Crippen molar-refractivity contribution < 1.29 is 23.9 Å². The quantitative estimate of drug-likeness (QED) is 0.246. The molecule has 0 bridgehead atoms. The van der Waals surface area contributed by atoms with Crippen molar-refractivity contribution in [2.45, 2.75) is 82.8 Å². The lowest BCUT2D eigenvalue weighted by Crippen LogP contribution is -2.50. The predicted octanol–water partition coefficient (Wildman–Crippen LogP) is 6.18. The number of carbonyl (C=O) groups is 3. The highest BCUT2D eigenvalue weighted by Gasteiger charge is 2.34. The molecule has 1 aliphatic heterocycles.